The predicted molar refractivity (Wildman–Crippen MR) is 95.7 cm³/mol. The zero-order valence-electron chi connectivity index (χ0n) is 15.1. The van der Waals surface area contributed by atoms with E-state index in [-0.39, 0.29) is 12.1 Å². The molecule has 3 aliphatic rings. The molecule has 0 saturated heterocycles. The van der Waals surface area contributed by atoms with Crippen LogP contribution in [0.25, 0.3) is 6.08 Å². The first-order valence-corrected chi connectivity index (χ1v) is 8.94. The average Bonchev–Trinajstić information content (AvgIpc) is 2.44. The molecule has 1 aromatic heterocycles. The summed E-state index contributed by atoms with van der Waals surface area (Å²) in [7, 11) is 0. The van der Waals surface area contributed by atoms with Crippen LogP contribution in [0.4, 0.5) is 4.79 Å². The molecular formula is C20H28N2O2. The van der Waals surface area contributed by atoms with Crippen LogP contribution >= 0.6 is 0 Å². The van der Waals surface area contributed by atoms with E-state index in [2.05, 4.69) is 28.5 Å². The molecule has 2 atom stereocenters. The summed E-state index contributed by atoms with van der Waals surface area (Å²) in [6, 6.07) is 4.47. The Kier molecular flexibility index (Phi) is 4.66. The van der Waals surface area contributed by atoms with Crippen LogP contribution in [0.2, 0.25) is 0 Å². The van der Waals surface area contributed by atoms with E-state index < -0.39 is 5.60 Å². The van der Waals surface area contributed by atoms with Gasteiger partial charge in [-0.3, -0.25) is 4.98 Å². The smallest absolute Gasteiger partial charge is 0.407 e. The van der Waals surface area contributed by atoms with Crippen molar-refractivity contribution >= 4 is 12.2 Å². The minimum atomic E-state index is -0.454. The summed E-state index contributed by atoms with van der Waals surface area (Å²) in [5, 5.41) is 3.09. The molecule has 2 bridgehead atoms. The SMILES string of the molecule is C/C=C/c1ccc(C2CC(NC(=O)OC(C)(C)C)C3CC2C3)nc1. The van der Waals surface area contributed by atoms with Crippen LogP contribution in [0.15, 0.2) is 24.4 Å². The van der Waals surface area contributed by atoms with Gasteiger partial charge in [0.1, 0.15) is 5.60 Å². The fourth-order valence-corrected chi connectivity index (χ4v) is 3.95. The number of pyridine rings is 1. The molecule has 4 heteroatoms. The summed E-state index contributed by atoms with van der Waals surface area (Å²) in [6.45, 7) is 7.69. The Balaban J connectivity index is 1.65. The lowest BCUT2D eigenvalue weighted by atomic mass is 9.57. The number of rotatable bonds is 3. The number of hydrogen-bond donors (Lipinski definition) is 1. The lowest BCUT2D eigenvalue weighted by Crippen LogP contribution is -2.53. The van der Waals surface area contributed by atoms with Gasteiger partial charge in [-0.15, -0.1) is 0 Å². The zero-order chi connectivity index (χ0) is 17.3. The van der Waals surface area contributed by atoms with Crippen molar-refractivity contribution in [2.75, 3.05) is 0 Å². The van der Waals surface area contributed by atoms with Gasteiger partial charge in [0.2, 0.25) is 0 Å². The molecular weight excluding hydrogens is 300 g/mol. The highest BCUT2D eigenvalue weighted by atomic mass is 16.6. The monoisotopic (exact) mass is 328 g/mol. The van der Waals surface area contributed by atoms with Crippen LogP contribution in [0.3, 0.4) is 0 Å². The fourth-order valence-electron chi connectivity index (χ4n) is 3.95. The molecule has 130 valence electrons. The van der Waals surface area contributed by atoms with Gasteiger partial charge in [-0.2, -0.15) is 0 Å². The molecule has 2 unspecified atom stereocenters. The molecule has 1 N–H and O–H groups in total. The molecule has 0 radical (unpaired) electrons. The molecule has 0 aromatic carbocycles. The van der Waals surface area contributed by atoms with Gasteiger partial charge < -0.3 is 10.1 Å². The van der Waals surface area contributed by atoms with Gasteiger partial charge in [0.25, 0.3) is 0 Å². The van der Waals surface area contributed by atoms with E-state index in [1.54, 1.807) is 0 Å². The Morgan fingerprint density at radius 2 is 2.00 bits per heavy atom. The van der Waals surface area contributed by atoms with E-state index in [0.717, 1.165) is 17.7 Å². The van der Waals surface area contributed by atoms with Crippen molar-refractivity contribution in [1.29, 1.82) is 0 Å². The average molecular weight is 328 g/mol. The number of aromatic nitrogens is 1. The molecule has 3 fully saturated rings. The van der Waals surface area contributed by atoms with Crippen molar-refractivity contribution in [3.8, 4) is 0 Å². The summed E-state index contributed by atoms with van der Waals surface area (Å²) in [5.74, 6) is 1.75. The number of nitrogens with zero attached hydrogens (tertiary/aromatic N) is 1. The normalized spacial score (nSPS) is 29.2. The maximum absolute atomic E-state index is 12.1. The maximum Gasteiger partial charge on any atom is 0.407 e. The van der Waals surface area contributed by atoms with Gasteiger partial charge in [0.05, 0.1) is 0 Å². The molecule has 1 amide bonds. The molecule has 3 aliphatic carbocycles. The third kappa shape index (κ3) is 3.80. The molecule has 24 heavy (non-hydrogen) atoms. The molecule has 0 spiro atoms. The van der Waals surface area contributed by atoms with E-state index in [1.165, 1.54) is 12.8 Å². The van der Waals surface area contributed by atoms with Gasteiger partial charge in [-0.1, -0.05) is 18.2 Å². The lowest BCUT2D eigenvalue weighted by molar-refractivity contribution is 0.0223. The fraction of sp³-hybridized carbons (Fsp3) is 0.600. The first-order chi connectivity index (χ1) is 11.4. The minimum Gasteiger partial charge on any atom is -0.444 e. The highest BCUT2D eigenvalue weighted by molar-refractivity contribution is 5.68. The van der Waals surface area contributed by atoms with Crippen molar-refractivity contribution in [3.63, 3.8) is 0 Å². The van der Waals surface area contributed by atoms with Crippen molar-refractivity contribution < 1.29 is 9.53 Å². The zero-order valence-corrected chi connectivity index (χ0v) is 15.1. The summed E-state index contributed by atoms with van der Waals surface area (Å²) >= 11 is 0. The molecule has 0 aliphatic heterocycles. The van der Waals surface area contributed by atoms with Crippen LogP contribution in [0, 0.1) is 11.8 Å². The standard InChI is InChI=1S/C20H28N2O2/c1-5-6-13-7-8-17(21-12-13)16-11-18(15-9-14(16)10-15)22-19(23)24-20(2,3)4/h5-8,12,14-16,18H,9-11H2,1-4H3,(H,22,23)/b6-5+. The molecule has 3 saturated carbocycles. The number of carbonyl (C=O) groups is 1. The summed E-state index contributed by atoms with van der Waals surface area (Å²) in [4.78, 5) is 16.8. The second-order valence-corrected chi connectivity index (χ2v) is 8.10. The number of nitrogens with one attached hydrogen (secondary N) is 1. The number of carbonyl (C=O) groups excluding carboxylic acids is 1. The number of hydrogen-bond acceptors (Lipinski definition) is 3. The topological polar surface area (TPSA) is 51.2 Å². The van der Waals surface area contributed by atoms with Gasteiger partial charge in [-0.05, 0) is 70.4 Å². The highest BCUT2D eigenvalue weighted by Crippen LogP contribution is 2.52. The van der Waals surface area contributed by atoms with E-state index >= 15 is 0 Å². The molecule has 1 heterocycles. The first-order valence-electron chi connectivity index (χ1n) is 8.94. The summed E-state index contributed by atoms with van der Waals surface area (Å²) < 4.78 is 5.42. The van der Waals surface area contributed by atoms with Crippen molar-refractivity contribution in [3.05, 3.63) is 35.7 Å². The number of allylic oxidation sites excluding steroid dienone is 1. The molecule has 4 rings (SSSR count). The second-order valence-electron chi connectivity index (χ2n) is 8.10. The van der Waals surface area contributed by atoms with Gasteiger partial charge in [0, 0.05) is 23.9 Å². The number of amides is 1. The van der Waals surface area contributed by atoms with E-state index in [9.17, 15) is 4.79 Å². The Labute approximate surface area is 144 Å². The summed E-state index contributed by atoms with van der Waals surface area (Å²) in [6.07, 6.45) is 9.06. The molecule has 4 nitrogen and oxygen atoms in total. The van der Waals surface area contributed by atoms with Gasteiger partial charge in [-0.25, -0.2) is 4.79 Å². The lowest BCUT2D eigenvalue weighted by Gasteiger charge is -2.51. The third-order valence-corrected chi connectivity index (χ3v) is 5.11. The van der Waals surface area contributed by atoms with Crippen molar-refractivity contribution in [2.24, 2.45) is 11.8 Å². The maximum atomic E-state index is 12.1. The minimum absolute atomic E-state index is 0.201. The van der Waals surface area contributed by atoms with Crippen LogP contribution in [0.1, 0.15) is 64.1 Å². The number of fused-ring (bicyclic) bond motifs is 2. The summed E-state index contributed by atoms with van der Waals surface area (Å²) in [5.41, 5.74) is 1.83. The van der Waals surface area contributed by atoms with E-state index in [0.29, 0.717) is 17.8 Å². The quantitative estimate of drug-likeness (QED) is 0.887. The van der Waals surface area contributed by atoms with Crippen LogP contribution in [-0.4, -0.2) is 22.7 Å². The van der Waals surface area contributed by atoms with Gasteiger partial charge >= 0.3 is 6.09 Å². The van der Waals surface area contributed by atoms with Crippen molar-refractivity contribution in [1.82, 2.24) is 10.3 Å². The first kappa shape index (κ1) is 17.0. The Morgan fingerprint density at radius 1 is 1.25 bits per heavy atom. The second kappa shape index (κ2) is 6.58. The van der Waals surface area contributed by atoms with E-state index in [1.807, 2.05) is 40.0 Å². The van der Waals surface area contributed by atoms with Crippen LogP contribution in [0.5, 0.6) is 0 Å². The third-order valence-electron chi connectivity index (χ3n) is 5.11. The molecule has 1 aromatic rings. The van der Waals surface area contributed by atoms with E-state index in [4.69, 9.17) is 4.74 Å². The Bertz CT molecular complexity index is 610. The van der Waals surface area contributed by atoms with Gasteiger partial charge in [0.15, 0.2) is 0 Å². The van der Waals surface area contributed by atoms with Crippen LogP contribution in [-0.2, 0) is 4.74 Å². The van der Waals surface area contributed by atoms with Crippen LogP contribution < -0.4 is 5.32 Å². The Hall–Kier alpha value is -1.84. The Morgan fingerprint density at radius 3 is 2.58 bits per heavy atom. The number of ether oxygens (including phenoxy) is 1. The highest BCUT2D eigenvalue weighted by Gasteiger charge is 2.47. The largest absolute Gasteiger partial charge is 0.444 e. The van der Waals surface area contributed by atoms with Crippen molar-refractivity contribution in [2.45, 2.75) is 64.5 Å². The number of alkyl carbamates (subject to hydrolysis) is 1. The predicted octanol–water partition coefficient (Wildman–Crippen LogP) is 4.52.